The normalized spacial score (nSPS) is 11.0. The van der Waals surface area contributed by atoms with Crippen LogP contribution in [0.15, 0.2) is 59.7 Å². The topological polar surface area (TPSA) is 81.9 Å². The summed E-state index contributed by atoms with van der Waals surface area (Å²) in [7, 11) is 0. The van der Waals surface area contributed by atoms with Crippen molar-refractivity contribution < 1.29 is 15.0 Å². The number of hydrogen-bond acceptors (Lipinski definition) is 4. The molecule has 0 aliphatic heterocycles. The van der Waals surface area contributed by atoms with Crippen molar-refractivity contribution in [3.63, 3.8) is 0 Å². The van der Waals surface area contributed by atoms with Gasteiger partial charge in [-0.15, -0.1) is 0 Å². The highest BCUT2D eigenvalue weighted by Gasteiger charge is 2.11. The van der Waals surface area contributed by atoms with E-state index >= 15 is 0 Å². The quantitative estimate of drug-likeness (QED) is 0.511. The van der Waals surface area contributed by atoms with Crippen LogP contribution < -0.4 is 5.43 Å². The summed E-state index contributed by atoms with van der Waals surface area (Å²) >= 11 is 0. The summed E-state index contributed by atoms with van der Waals surface area (Å²) in [6.45, 7) is 1.78. The molecule has 0 aromatic heterocycles. The lowest BCUT2D eigenvalue weighted by Gasteiger charge is -2.05. The van der Waals surface area contributed by atoms with Gasteiger partial charge in [0.2, 0.25) is 0 Å². The Morgan fingerprint density at radius 3 is 2.42 bits per heavy atom. The highest BCUT2D eigenvalue weighted by atomic mass is 16.3. The highest BCUT2D eigenvalue weighted by molar-refractivity contribution is 6.01. The fraction of sp³-hybridized carbons (Fsp3) is 0.0526. The van der Waals surface area contributed by atoms with Gasteiger partial charge in [-0.3, -0.25) is 4.79 Å². The van der Waals surface area contributed by atoms with Crippen molar-refractivity contribution in [1.29, 1.82) is 0 Å². The summed E-state index contributed by atoms with van der Waals surface area (Å²) in [5, 5.41) is 25.1. The Balaban J connectivity index is 1.78. The Labute approximate surface area is 138 Å². The SMILES string of the molecule is Cc1cc(/C=N/NC(=O)c2cc3ccccc3cc2O)ccc1O. The summed E-state index contributed by atoms with van der Waals surface area (Å²) < 4.78 is 0. The van der Waals surface area contributed by atoms with Gasteiger partial charge in [0, 0.05) is 0 Å². The van der Waals surface area contributed by atoms with Crippen molar-refractivity contribution in [2.24, 2.45) is 5.10 Å². The summed E-state index contributed by atoms with van der Waals surface area (Å²) in [6, 6.07) is 15.6. The van der Waals surface area contributed by atoms with Crippen molar-refractivity contribution in [3.05, 3.63) is 71.3 Å². The molecule has 0 aliphatic rings. The van der Waals surface area contributed by atoms with Gasteiger partial charge in [0.15, 0.2) is 0 Å². The average molecular weight is 320 g/mol. The van der Waals surface area contributed by atoms with Crippen LogP contribution in [-0.2, 0) is 0 Å². The predicted octanol–water partition coefficient (Wildman–Crippen LogP) is 3.32. The molecule has 5 nitrogen and oxygen atoms in total. The highest BCUT2D eigenvalue weighted by Crippen LogP contribution is 2.24. The van der Waals surface area contributed by atoms with Gasteiger partial charge in [0.05, 0.1) is 11.8 Å². The Hall–Kier alpha value is -3.34. The van der Waals surface area contributed by atoms with Gasteiger partial charge in [-0.05, 0) is 59.2 Å². The summed E-state index contributed by atoms with van der Waals surface area (Å²) in [4.78, 5) is 12.2. The molecule has 3 aromatic carbocycles. The van der Waals surface area contributed by atoms with Crippen molar-refractivity contribution in [2.75, 3.05) is 0 Å². The molecule has 0 atom stereocenters. The number of phenolic OH excluding ortho intramolecular Hbond substituents is 2. The molecule has 3 aromatic rings. The molecule has 0 aliphatic carbocycles. The van der Waals surface area contributed by atoms with E-state index in [1.165, 1.54) is 6.21 Å². The number of phenols is 2. The molecule has 24 heavy (non-hydrogen) atoms. The number of aryl methyl sites for hydroxylation is 1. The lowest BCUT2D eigenvalue weighted by molar-refractivity contribution is 0.0952. The first kappa shape index (κ1) is 15.6. The molecule has 0 spiro atoms. The van der Waals surface area contributed by atoms with Crippen LogP contribution in [0.2, 0.25) is 0 Å². The molecule has 1 amide bonds. The third-order valence-electron chi connectivity index (χ3n) is 3.71. The number of hydrogen-bond donors (Lipinski definition) is 3. The van der Waals surface area contributed by atoms with E-state index in [0.29, 0.717) is 0 Å². The average Bonchev–Trinajstić information content (AvgIpc) is 2.57. The maximum atomic E-state index is 12.2. The lowest BCUT2D eigenvalue weighted by atomic mass is 10.1. The molecule has 0 unspecified atom stereocenters. The van der Waals surface area contributed by atoms with Crippen LogP contribution in [0.4, 0.5) is 0 Å². The summed E-state index contributed by atoms with van der Waals surface area (Å²) in [5.41, 5.74) is 4.02. The van der Waals surface area contributed by atoms with E-state index in [1.807, 2.05) is 24.3 Å². The number of hydrazone groups is 1. The Morgan fingerprint density at radius 1 is 1.00 bits per heavy atom. The van der Waals surface area contributed by atoms with Gasteiger partial charge < -0.3 is 10.2 Å². The maximum Gasteiger partial charge on any atom is 0.275 e. The molecule has 3 N–H and O–H groups in total. The van der Waals surface area contributed by atoms with Crippen molar-refractivity contribution in [2.45, 2.75) is 6.92 Å². The molecule has 0 radical (unpaired) electrons. The van der Waals surface area contributed by atoms with Crippen LogP contribution in [0.1, 0.15) is 21.5 Å². The Kier molecular flexibility index (Phi) is 4.16. The number of benzene rings is 3. The largest absolute Gasteiger partial charge is 0.508 e. The number of amides is 1. The van der Waals surface area contributed by atoms with Crippen molar-refractivity contribution in [3.8, 4) is 11.5 Å². The molecule has 0 saturated heterocycles. The second-order valence-corrected chi connectivity index (χ2v) is 5.46. The smallest absolute Gasteiger partial charge is 0.275 e. The number of nitrogens with one attached hydrogen (secondary N) is 1. The van der Waals surface area contributed by atoms with Crippen molar-refractivity contribution in [1.82, 2.24) is 5.43 Å². The summed E-state index contributed by atoms with van der Waals surface area (Å²) in [5.74, 6) is -0.385. The minimum absolute atomic E-state index is 0.0955. The zero-order chi connectivity index (χ0) is 17.1. The van der Waals surface area contributed by atoms with E-state index in [1.54, 1.807) is 37.3 Å². The summed E-state index contributed by atoms with van der Waals surface area (Å²) in [6.07, 6.45) is 1.47. The van der Waals surface area contributed by atoms with Gasteiger partial charge in [-0.25, -0.2) is 5.43 Å². The van der Waals surface area contributed by atoms with E-state index in [-0.39, 0.29) is 17.1 Å². The standard InChI is InChI=1S/C19H16N2O3/c1-12-8-13(6-7-17(12)22)11-20-21-19(24)16-9-14-4-2-3-5-15(14)10-18(16)23/h2-11,22-23H,1H3,(H,21,24)/b20-11+. The number of nitrogens with zero attached hydrogens (tertiary/aromatic N) is 1. The Bertz CT molecular complexity index is 948. The fourth-order valence-corrected chi connectivity index (χ4v) is 2.39. The lowest BCUT2D eigenvalue weighted by Crippen LogP contribution is -2.17. The third kappa shape index (κ3) is 3.20. The molecular weight excluding hydrogens is 304 g/mol. The van der Waals surface area contributed by atoms with Gasteiger partial charge in [0.25, 0.3) is 5.91 Å². The second-order valence-electron chi connectivity index (χ2n) is 5.46. The Morgan fingerprint density at radius 2 is 1.71 bits per heavy atom. The molecule has 0 fully saturated rings. The third-order valence-corrected chi connectivity index (χ3v) is 3.71. The number of carbonyl (C=O) groups excluding carboxylic acids is 1. The minimum atomic E-state index is -0.495. The number of aromatic hydroxyl groups is 2. The molecular formula is C19H16N2O3. The van der Waals surface area contributed by atoms with E-state index in [2.05, 4.69) is 10.5 Å². The minimum Gasteiger partial charge on any atom is -0.508 e. The molecule has 3 rings (SSSR count). The second kappa shape index (κ2) is 6.42. The monoisotopic (exact) mass is 320 g/mol. The van der Waals surface area contributed by atoms with Gasteiger partial charge in [0.1, 0.15) is 11.5 Å². The van der Waals surface area contributed by atoms with Crippen LogP contribution in [-0.4, -0.2) is 22.3 Å². The number of carbonyl (C=O) groups is 1. The predicted molar refractivity (Wildman–Crippen MR) is 93.5 cm³/mol. The van der Waals surface area contributed by atoms with E-state index in [9.17, 15) is 15.0 Å². The van der Waals surface area contributed by atoms with Crippen LogP contribution in [0.3, 0.4) is 0 Å². The van der Waals surface area contributed by atoms with Gasteiger partial charge in [-0.1, -0.05) is 24.3 Å². The van der Waals surface area contributed by atoms with E-state index in [0.717, 1.165) is 21.9 Å². The van der Waals surface area contributed by atoms with Crippen LogP contribution in [0.5, 0.6) is 11.5 Å². The molecule has 120 valence electrons. The fourth-order valence-electron chi connectivity index (χ4n) is 2.39. The maximum absolute atomic E-state index is 12.2. The van der Waals surface area contributed by atoms with Crippen molar-refractivity contribution >= 4 is 22.9 Å². The molecule has 0 saturated carbocycles. The first-order valence-corrected chi connectivity index (χ1v) is 7.39. The number of rotatable bonds is 3. The van der Waals surface area contributed by atoms with E-state index in [4.69, 9.17) is 0 Å². The van der Waals surface area contributed by atoms with Crippen LogP contribution >= 0.6 is 0 Å². The first-order valence-electron chi connectivity index (χ1n) is 7.39. The molecule has 0 heterocycles. The van der Waals surface area contributed by atoms with Crippen LogP contribution in [0.25, 0.3) is 10.8 Å². The molecule has 5 heteroatoms. The number of fused-ring (bicyclic) bond motifs is 1. The van der Waals surface area contributed by atoms with E-state index < -0.39 is 5.91 Å². The van der Waals surface area contributed by atoms with Gasteiger partial charge >= 0.3 is 0 Å². The zero-order valence-corrected chi connectivity index (χ0v) is 13.0. The molecule has 0 bridgehead atoms. The van der Waals surface area contributed by atoms with Gasteiger partial charge in [-0.2, -0.15) is 5.10 Å². The first-order chi connectivity index (χ1) is 11.5. The van der Waals surface area contributed by atoms with Crippen LogP contribution in [0, 0.1) is 6.92 Å². The zero-order valence-electron chi connectivity index (χ0n) is 13.0.